The zero-order valence-corrected chi connectivity index (χ0v) is 9.59. The maximum Gasteiger partial charge on any atom is 0.110 e. The molecule has 0 aliphatic carbocycles. The molecule has 2 aromatic heterocycles. The second kappa shape index (κ2) is 3.63. The molecule has 3 rings (SSSR count). The number of rotatable bonds is 1. The van der Waals surface area contributed by atoms with Gasteiger partial charge in [0.25, 0.3) is 0 Å². The quantitative estimate of drug-likeness (QED) is 0.689. The van der Waals surface area contributed by atoms with Gasteiger partial charge in [0.2, 0.25) is 0 Å². The summed E-state index contributed by atoms with van der Waals surface area (Å²) in [5, 5.41) is 0. The van der Waals surface area contributed by atoms with Crippen LogP contribution in [0.5, 0.6) is 0 Å². The number of hydrogen-bond donors (Lipinski definition) is 1. The molecule has 0 spiro atoms. The number of hydrogen-bond acceptors (Lipinski definition) is 2. The van der Waals surface area contributed by atoms with Crippen LogP contribution in [-0.2, 0) is 0 Å². The maximum atomic E-state index is 5.84. The van der Waals surface area contributed by atoms with E-state index in [9.17, 15) is 0 Å². The molecule has 0 saturated carbocycles. The van der Waals surface area contributed by atoms with Crippen molar-refractivity contribution >= 4 is 11.2 Å². The van der Waals surface area contributed by atoms with Gasteiger partial charge in [0, 0.05) is 17.4 Å². The van der Waals surface area contributed by atoms with E-state index in [-0.39, 0.29) is 0 Å². The van der Waals surface area contributed by atoms with Crippen LogP contribution in [0, 0.1) is 6.92 Å². The molecule has 0 aliphatic heterocycles. The zero-order chi connectivity index (χ0) is 11.8. The van der Waals surface area contributed by atoms with E-state index >= 15 is 0 Å². The molecular weight excluding hydrogens is 210 g/mol. The van der Waals surface area contributed by atoms with Crippen LogP contribution in [0.1, 0.15) is 5.82 Å². The van der Waals surface area contributed by atoms with Crippen molar-refractivity contribution < 1.29 is 0 Å². The van der Waals surface area contributed by atoms with Crippen molar-refractivity contribution in [3.05, 3.63) is 54.5 Å². The maximum absolute atomic E-state index is 5.84. The van der Waals surface area contributed by atoms with Crippen LogP contribution < -0.4 is 5.73 Å². The van der Waals surface area contributed by atoms with Gasteiger partial charge in [-0.2, -0.15) is 0 Å². The highest BCUT2D eigenvalue weighted by Crippen LogP contribution is 2.25. The van der Waals surface area contributed by atoms with Gasteiger partial charge in [-0.15, -0.1) is 0 Å². The molecule has 0 amide bonds. The van der Waals surface area contributed by atoms with E-state index in [4.69, 9.17) is 5.73 Å². The molecule has 17 heavy (non-hydrogen) atoms. The van der Waals surface area contributed by atoms with Crippen molar-refractivity contribution in [2.45, 2.75) is 6.92 Å². The van der Waals surface area contributed by atoms with Crippen LogP contribution in [0.4, 0.5) is 5.69 Å². The van der Waals surface area contributed by atoms with Crippen LogP contribution in [0.15, 0.2) is 48.7 Å². The lowest BCUT2D eigenvalue weighted by Gasteiger charge is -2.00. The Morgan fingerprint density at radius 2 is 1.88 bits per heavy atom. The van der Waals surface area contributed by atoms with E-state index in [1.54, 1.807) is 0 Å². The van der Waals surface area contributed by atoms with Crippen molar-refractivity contribution in [1.29, 1.82) is 0 Å². The molecule has 0 bridgehead atoms. The average molecular weight is 223 g/mol. The minimum atomic E-state index is 0.759. The Bertz CT molecular complexity index is 669. The predicted octanol–water partition coefficient (Wildman–Crippen LogP) is 2.89. The fraction of sp³-hybridized carbons (Fsp3) is 0.0714. The topological polar surface area (TPSA) is 43.3 Å². The average Bonchev–Trinajstić information content (AvgIpc) is 2.67. The zero-order valence-electron chi connectivity index (χ0n) is 9.59. The van der Waals surface area contributed by atoms with Gasteiger partial charge in [-0.1, -0.05) is 30.3 Å². The summed E-state index contributed by atoms with van der Waals surface area (Å²) in [7, 11) is 0. The van der Waals surface area contributed by atoms with E-state index in [0.717, 1.165) is 28.3 Å². The molecule has 3 heteroatoms. The number of benzene rings is 1. The molecule has 0 saturated heterocycles. The smallest absolute Gasteiger partial charge is 0.110 e. The summed E-state index contributed by atoms with van der Waals surface area (Å²) in [6.45, 7) is 2.00. The van der Waals surface area contributed by atoms with E-state index in [2.05, 4.69) is 21.5 Å². The molecular formula is C14H13N3. The molecule has 0 fully saturated rings. The van der Waals surface area contributed by atoms with Crippen molar-refractivity contribution in [1.82, 2.24) is 9.38 Å². The van der Waals surface area contributed by atoms with Crippen LogP contribution >= 0.6 is 0 Å². The number of pyridine rings is 1. The van der Waals surface area contributed by atoms with E-state index in [0.29, 0.717) is 0 Å². The lowest BCUT2D eigenvalue weighted by molar-refractivity contribution is 1.05. The minimum Gasteiger partial charge on any atom is -0.399 e. The largest absolute Gasteiger partial charge is 0.399 e. The first-order valence-electron chi connectivity index (χ1n) is 5.55. The summed E-state index contributed by atoms with van der Waals surface area (Å²) in [6.07, 6.45) is 1.96. The number of imidazole rings is 1. The Morgan fingerprint density at radius 1 is 1.12 bits per heavy atom. The number of nitrogens with zero attached hydrogens (tertiary/aromatic N) is 2. The molecule has 3 nitrogen and oxygen atoms in total. The molecule has 0 aliphatic rings. The Labute approximate surface area is 99.5 Å². The summed E-state index contributed by atoms with van der Waals surface area (Å²) in [4.78, 5) is 4.61. The summed E-state index contributed by atoms with van der Waals surface area (Å²) < 4.78 is 2.05. The number of nitrogen functional groups attached to an aromatic ring is 1. The van der Waals surface area contributed by atoms with Crippen LogP contribution in [0.3, 0.4) is 0 Å². The van der Waals surface area contributed by atoms with E-state index < -0.39 is 0 Å². The summed E-state index contributed by atoms with van der Waals surface area (Å²) >= 11 is 0. The van der Waals surface area contributed by atoms with Gasteiger partial charge in [0.15, 0.2) is 0 Å². The SMILES string of the molecule is Cc1nc(-c2ccccc2)c2cc(N)ccn12. The number of anilines is 1. The monoisotopic (exact) mass is 223 g/mol. The summed E-state index contributed by atoms with van der Waals surface area (Å²) in [6, 6.07) is 14.0. The summed E-state index contributed by atoms with van der Waals surface area (Å²) in [5.74, 6) is 0.971. The Morgan fingerprint density at radius 3 is 2.65 bits per heavy atom. The molecule has 0 atom stereocenters. The molecule has 2 heterocycles. The number of aryl methyl sites for hydroxylation is 1. The van der Waals surface area contributed by atoms with Crippen LogP contribution in [0.25, 0.3) is 16.8 Å². The standard InChI is InChI=1S/C14H13N3/c1-10-16-14(11-5-3-2-4-6-11)13-9-12(15)7-8-17(10)13/h2-9H,15H2,1H3. The predicted molar refractivity (Wildman–Crippen MR) is 69.8 cm³/mol. The molecule has 1 aromatic carbocycles. The molecule has 84 valence electrons. The van der Waals surface area contributed by atoms with Crippen molar-refractivity contribution in [2.24, 2.45) is 0 Å². The molecule has 3 aromatic rings. The third-order valence-corrected chi connectivity index (χ3v) is 2.89. The number of nitrogens with two attached hydrogens (primary N) is 1. The second-order valence-corrected chi connectivity index (χ2v) is 4.09. The fourth-order valence-electron chi connectivity index (χ4n) is 2.06. The van der Waals surface area contributed by atoms with Crippen LogP contribution in [-0.4, -0.2) is 9.38 Å². The Kier molecular flexibility index (Phi) is 2.11. The van der Waals surface area contributed by atoms with Gasteiger partial charge in [-0.25, -0.2) is 4.98 Å². The van der Waals surface area contributed by atoms with Crippen molar-refractivity contribution in [3.63, 3.8) is 0 Å². The first-order valence-corrected chi connectivity index (χ1v) is 5.55. The molecule has 0 unspecified atom stereocenters. The highest BCUT2D eigenvalue weighted by Gasteiger charge is 2.09. The lowest BCUT2D eigenvalue weighted by Crippen LogP contribution is -1.90. The third-order valence-electron chi connectivity index (χ3n) is 2.89. The van der Waals surface area contributed by atoms with Crippen molar-refractivity contribution in [2.75, 3.05) is 5.73 Å². The first-order chi connectivity index (χ1) is 8.25. The normalized spacial score (nSPS) is 10.9. The van der Waals surface area contributed by atoms with Gasteiger partial charge in [0.05, 0.1) is 11.2 Å². The van der Waals surface area contributed by atoms with Gasteiger partial charge < -0.3 is 10.1 Å². The summed E-state index contributed by atoms with van der Waals surface area (Å²) in [5.41, 5.74) is 9.74. The van der Waals surface area contributed by atoms with E-state index in [1.165, 1.54) is 0 Å². The van der Waals surface area contributed by atoms with E-state index in [1.807, 2.05) is 43.5 Å². The van der Waals surface area contributed by atoms with Crippen LogP contribution in [0.2, 0.25) is 0 Å². The second-order valence-electron chi connectivity index (χ2n) is 4.09. The first kappa shape index (κ1) is 9.90. The lowest BCUT2D eigenvalue weighted by atomic mass is 10.1. The van der Waals surface area contributed by atoms with Gasteiger partial charge >= 0.3 is 0 Å². The number of aromatic nitrogens is 2. The minimum absolute atomic E-state index is 0.759. The Balaban J connectivity index is 2.34. The highest BCUT2D eigenvalue weighted by molar-refractivity contribution is 5.79. The number of fused-ring (bicyclic) bond motifs is 1. The van der Waals surface area contributed by atoms with Gasteiger partial charge in [0.1, 0.15) is 5.82 Å². The highest BCUT2D eigenvalue weighted by atomic mass is 15.0. The van der Waals surface area contributed by atoms with Gasteiger partial charge in [-0.05, 0) is 19.1 Å². The third kappa shape index (κ3) is 1.56. The fourth-order valence-corrected chi connectivity index (χ4v) is 2.06. The van der Waals surface area contributed by atoms with Gasteiger partial charge in [-0.3, -0.25) is 0 Å². The van der Waals surface area contributed by atoms with Crippen molar-refractivity contribution in [3.8, 4) is 11.3 Å². The molecule has 2 N–H and O–H groups in total. The Hall–Kier alpha value is -2.29. The molecule has 0 radical (unpaired) electrons.